The third-order valence-corrected chi connectivity index (χ3v) is 5.32. The molecular formula is C28H28ClNO4. The summed E-state index contributed by atoms with van der Waals surface area (Å²) < 4.78 is 17.4. The van der Waals surface area contributed by atoms with Gasteiger partial charge in [0.1, 0.15) is 30.5 Å². The molecule has 176 valence electrons. The minimum Gasteiger partial charge on any atom is -0.489 e. The van der Waals surface area contributed by atoms with Gasteiger partial charge in [-0.25, -0.2) is 0 Å². The fourth-order valence-corrected chi connectivity index (χ4v) is 3.67. The Morgan fingerprint density at radius 2 is 1.59 bits per heavy atom. The van der Waals surface area contributed by atoms with E-state index in [0.717, 1.165) is 27.8 Å². The Bertz CT molecular complexity index is 1200. The maximum atomic E-state index is 11.1. The topological polar surface area (TPSA) is 70.8 Å². The van der Waals surface area contributed by atoms with E-state index in [1.807, 2.05) is 80.6 Å². The van der Waals surface area contributed by atoms with Gasteiger partial charge < -0.3 is 19.9 Å². The number of nitrogens with two attached hydrogens (primary N) is 1. The number of primary amides is 1. The van der Waals surface area contributed by atoms with Crippen molar-refractivity contribution in [3.63, 3.8) is 0 Å². The van der Waals surface area contributed by atoms with Gasteiger partial charge in [0.05, 0.1) is 0 Å². The van der Waals surface area contributed by atoms with Crippen molar-refractivity contribution in [3.05, 3.63) is 107 Å². The number of hydrogen-bond acceptors (Lipinski definition) is 4. The molecule has 1 amide bonds. The zero-order valence-electron chi connectivity index (χ0n) is 19.3. The molecule has 6 heteroatoms. The van der Waals surface area contributed by atoms with E-state index in [-0.39, 0.29) is 19.8 Å². The molecule has 0 aromatic heterocycles. The van der Waals surface area contributed by atoms with Gasteiger partial charge >= 0.3 is 0 Å². The van der Waals surface area contributed by atoms with Crippen LogP contribution in [0.15, 0.2) is 85.0 Å². The average molecular weight is 478 g/mol. The highest BCUT2D eigenvalue weighted by atomic mass is 35.5. The summed E-state index contributed by atoms with van der Waals surface area (Å²) in [5.74, 6) is 1.35. The van der Waals surface area contributed by atoms with Crippen LogP contribution < -0.4 is 19.9 Å². The highest BCUT2D eigenvalue weighted by Gasteiger charge is 2.10. The van der Waals surface area contributed by atoms with Gasteiger partial charge in [-0.3, -0.25) is 4.79 Å². The molecule has 0 saturated heterocycles. The van der Waals surface area contributed by atoms with Crippen molar-refractivity contribution in [3.8, 4) is 17.2 Å². The second kappa shape index (κ2) is 12.0. The van der Waals surface area contributed by atoms with Crippen molar-refractivity contribution < 1.29 is 19.0 Å². The van der Waals surface area contributed by atoms with Crippen LogP contribution in [-0.4, -0.2) is 19.1 Å². The van der Waals surface area contributed by atoms with Gasteiger partial charge in [-0.05, 0) is 54.3 Å². The Kier molecular flexibility index (Phi) is 8.77. The second-order valence-corrected chi connectivity index (χ2v) is 8.24. The fraction of sp³-hybridized carbons (Fsp3) is 0.179. The van der Waals surface area contributed by atoms with Crippen LogP contribution in [-0.2, 0) is 11.4 Å². The van der Waals surface area contributed by atoms with Gasteiger partial charge in [-0.1, -0.05) is 66.7 Å². The molecule has 0 atom stereocenters. The van der Waals surface area contributed by atoms with E-state index in [1.54, 1.807) is 6.07 Å². The molecule has 34 heavy (non-hydrogen) atoms. The zero-order chi connectivity index (χ0) is 24.5. The lowest BCUT2D eigenvalue weighted by Crippen LogP contribution is -2.21. The van der Waals surface area contributed by atoms with Crippen molar-refractivity contribution in [2.75, 3.05) is 13.2 Å². The largest absolute Gasteiger partial charge is 0.489 e. The summed E-state index contributed by atoms with van der Waals surface area (Å²) in [6.07, 6.45) is 1.82. The van der Waals surface area contributed by atoms with Crippen molar-refractivity contribution in [1.29, 1.82) is 0 Å². The first kappa shape index (κ1) is 24.9. The molecule has 0 aliphatic carbocycles. The van der Waals surface area contributed by atoms with Crippen molar-refractivity contribution in [2.45, 2.75) is 20.5 Å². The molecule has 3 aromatic carbocycles. The molecule has 0 bridgehead atoms. The first-order valence-corrected chi connectivity index (χ1v) is 11.2. The first-order valence-electron chi connectivity index (χ1n) is 10.8. The molecule has 0 heterocycles. The molecule has 0 unspecified atom stereocenters. The maximum absolute atomic E-state index is 11.1. The number of benzene rings is 3. The van der Waals surface area contributed by atoms with Crippen LogP contribution in [0.1, 0.15) is 22.3 Å². The smallest absolute Gasteiger partial charge is 0.255 e. The Labute approximate surface area is 205 Å². The summed E-state index contributed by atoms with van der Waals surface area (Å²) in [6.45, 7) is 8.33. The Morgan fingerprint density at radius 1 is 0.912 bits per heavy atom. The van der Waals surface area contributed by atoms with Gasteiger partial charge in [0.25, 0.3) is 5.91 Å². The van der Waals surface area contributed by atoms with E-state index >= 15 is 0 Å². The molecule has 0 fully saturated rings. The molecule has 0 spiro atoms. The number of amides is 1. The predicted octanol–water partition coefficient (Wildman–Crippen LogP) is 5.96. The van der Waals surface area contributed by atoms with Gasteiger partial charge in [-0.15, -0.1) is 0 Å². The minimum absolute atomic E-state index is 0.187. The number of carbonyl (C=O) groups is 1. The van der Waals surface area contributed by atoms with Crippen LogP contribution in [0.2, 0.25) is 0 Å². The quantitative estimate of drug-likeness (QED) is 0.346. The summed E-state index contributed by atoms with van der Waals surface area (Å²) in [5.41, 5.74) is 9.73. The van der Waals surface area contributed by atoms with E-state index in [9.17, 15) is 4.79 Å². The molecular weight excluding hydrogens is 450 g/mol. The van der Waals surface area contributed by atoms with Gasteiger partial charge in [0.15, 0.2) is 6.61 Å². The van der Waals surface area contributed by atoms with Crippen LogP contribution in [0.25, 0.3) is 5.03 Å². The third-order valence-electron chi connectivity index (χ3n) is 5.01. The van der Waals surface area contributed by atoms with E-state index in [4.69, 9.17) is 31.5 Å². The summed E-state index contributed by atoms with van der Waals surface area (Å²) in [5, 5.41) is 0.622. The van der Waals surface area contributed by atoms with Crippen molar-refractivity contribution in [2.24, 2.45) is 5.73 Å². The lowest BCUT2D eigenvalue weighted by atomic mass is 10.1. The summed E-state index contributed by atoms with van der Waals surface area (Å²) >= 11 is 6.47. The van der Waals surface area contributed by atoms with Crippen molar-refractivity contribution >= 4 is 22.5 Å². The minimum atomic E-state index is -0.531. The molecule has 0 aliphatic rings. The lowest BCUT2D eigenvalue weighted by molar-refractivity contribution is -0.119. The summed E-state index contributed by atoms with van der Waals surface area (Å²) in [4.78, 5) is 11.1. The Balaban J connectivity index is 1.60. The van der Waals surface area contributed by atoms with E-state index < -0.39 is 5.91 Å². The maximum Gasteiger partial charge on any atom is 0.255 e. The van der Waals surface area contributed by atoms with Crippen LogP contribution in [0.3, 0.4) is 0 Å². The van der Waals surface area contributed by atoms with Crippen LogP contribution in [0, 0.1) is 13.8 Å². The zero-order valence-corrected chi connectivity index (χ0v) is 20.1. The summed E-state index contributed by atoms with van der Waals surface area (Å²) in [7, 11) is 0. The first-order chi connectivity index (χ1) is 16.3. The fourth-order valence-electron chi connectivity index (χ4n) is 3.31. The Hall–Kier alpha value is -3.70. The highest BCUT2D eigenvalue weighted by molar-refractivity contribution is 6.49. The lowest BCUT2D eigenvalue weighted by Gasteiger charge is -2.14. The molecule has 5 nitrogen and oxygen atoms in total. The number of aryl methyl sites for hydroxylation is 2. The van der Waals surface area contributed by atoms with Crippen LogP contribution in [0.5, 0.6) is 17.2 Å². The van der Waals surface area contributed by atoms with Crippen molar-refractivity contribution in [1.82, 2.24) is 0 Å². The standard InChI is InChI=1S/C28H28ClNO4/c1-19(14-26(29)25-13-5-4-8-20(25)2)16-32-23-11-7-12-24(15-23)33-17-22-10-6-9-21(3)28(22)34-18-27(30)31/h4-15H,1,16-18H2,2-3H3,(H2,30,31)/b26-14+. The monoisotopic (exact) mass is 477 g/mol. The molecule has 0 saturated carbocycles. The average Bonchev–Trinajstić information content (AvgIpc) is 2.81. The predicted molar refractivity (Wildman–Crippen MR) is 136 cm³/mol. The van der Waals surface area contributed by atoms with Crippen LogP contribution in [0.4, 0.5) is 0 Å². The number of hydrogen-bond donors (Lipinski definition) is 1. The number of rotatable bonds is 11. The van der Waals surface area contributed by atoms with Gasteiger partial charge in [0, 0.05) is 16.7 Å². The normalized spacial score (nSPS) is 11.1. The SMILES string of the molecule is C=C(/C=C(/Cl)c1ccccc1C)COc1cccc(OCc2cccc(C)c2OCC(N)=O)c1. The van der Waals surface area contributed by atoms with Gasteiger partial charge in [0.2, 0.25) is 0 Å². The highest BCUT2D eigenvalue weighted by Crippen LogP contribution is 2.27. The summed E-state index contributed by atoms with van der Waals surface area (Å²) in [6, 6.07) is 21.0. The van der Waals surface area contributed by atoms with Crippen LogP contribution >= 0.6 is 11.6 Å². The molecule has 3 rings (SSSR count). The Morgan fingerprint density at radius 3 is 2.32 bits per heavy atom. The van der Waals surface area contributed by atoms with E-state index in [1.165, 1.54) is 0 Å². The van der Waals surface area contributed by atoms with Gasteiger partial charge in [-0.2, -0.15) is 0 Å². The molecule has 3 aromatic rings. The molecule has 2 N–H and O–H groups in total. The number of halogens is 1. The van der Waals surface area contributed by atoms with E-state index in [0.29, 0.717) is 22.3 Å². The molecule has 0 radical (unpaired) electrons. The van der Waals surface area contributed by atoms with E-state index in [2.05, 4.69) is 6.58 Å². The second-order valence-electron chi connectivity index (χ2n) is 7.84. The third kappa shape index (κ3) is 7.15. The number of carbonyl (C=O) groups excluding carboxylic acids is 1. The molecule has 0 aliphatic heterocycles. The number of ether oxygens (including phenoxy) is 3. The number of para-hydroxylation sites is 1.